The van der Waals surface area contributed by atoms with Gasteiger partial charge >= 0.3 is 0 Å². The van der Waals surface area contributed by atoms with E-state index in [1.54, 1.807) is 4.90 Å². The molecule has 0 aliphatic heterocycles. The van der Waals surface area contributed by atoms with E-state index in [1.807, 2.05) is 44.3 Å². The summed E-state index contributed by atoms with van der Waals surface area (Å²) in [5, 5.41) is 0. The van der Waals surface area contributed by atoms with Crippen molar-refractivity contribution in [2.24, 2.45) is 0 Å². The van der Waals surface area contributed by atoms with Crippen LogP contribution in [0.5, 0.6) is 0 Å². The molecule has 0 spiro atoms. The Labute approximate surface area is 127 Å². The van der Waals surface area contributed by atoms with Gasteiger partial charge in [0.15, 0.2) is 0 Å². The largest absolute Gasteiger partial charge is 0.342 e. The Morgan fingerprint density at radius 1 is 0.952 bits per heavy atom. The minimum absolute atomic E-state index is 0.0828. The zero-order chi connectivity index (χ0) is 15.2. The predicted octanol–water partition coefficient (Wildman–Crippen LogP) is 4.40. The van der Waals surface area contributed by atoms with E-state index in [-0.39, 0.29) is 5.91 Å². The van der Waals surface area contributed by atoms with Crippen LogP contribution in [-0.2, 0) is 6.42 Å². The first-order valence-corrected chi connectivity index (χ1v) is 7.61. The maximum absolute atomic E-state index is 12.6. The van der Waals surface area contributed by atoms with Crippen LogP contribution in [0.1, 0.15) is 36.2 Å². The summed E-state index contributed by atoms with van der Waals surface area (Å²) in [4.78, 5) is 14.3. The van der Waals surface area contributed by atoms with Crippen LogP contribution in [0.2, 0.25) is 0 Å². The maximum atomic E-state index is 12.6. The number of nitrogens with zero attached hydrogens (tertiary/aromatic N) is 1. The Morgan fingerprint density at radius 3 is 2.24 bits per heavy atom. The Balaban J connectivity index is 2.53. The third-order valence-corrected chi connectivity index (χ3v) is 3.81. The number of aryl methyl sites for hydroxylation is 1. The van der Waals surface area contributed by atoms with Crippen molar-refractivity contribution in [3.05, 3.63) is 59.7 Å². The molecule has 1 amide bonds. The minimum atomic E-state index is 0.0828. The molecule has 0 saturated carbocycles. The molecule has 2 aromatic rings. The molecule has 0 aliphatic rings. The van der Waals surface area contributed by atoms with E-state index in [0.717, 1.165) is 24.0 Å². The van der Waals surface area contributed by atoms with Gasteiger partial charge in [-0.1, -0.05) is 55.8 Å². The molecule has 0 fully saturated rings. The van der Waals surface area contributed by atoms with E-state index in [1.165, 1.54) is 11.1 Å². The summed E-state index contributed by atoms with van der Waals surface area (Å²) in [5.41, 5.74) is 4.30. The molecule has 2 heteroatoms. The Morgan fingerprint density at radius 2 is 1.57 bits per heavy atom. The van der Waals surface area contributed by atoms with Gasteiger partial charge in [-0.15, -0.1) is 0 Å². The van der Waals surface area contributed by atoms with Crippen LogP contribution in [-0.4, -0.2) is 24.4 Å². The third kappa shape index (κ3) is 3.33. The van der Waals surface area contributed by atoms with E-state index in [2.05, 4.69) is 25.1 Å². The first-order chi connectivity index (χ1) is 10.2. The highest BCUT2D eigenvalue weighted by Gasteiger charge is 2.16. The lowest BCUT2D eigenvalue weighted by molar-refractivity contribution is 0.0803. The standard InChI is InChI=1S/C19H23NO/c1-4-10-15-11-6-7-12-16(15)17-13-8-9-14-18(17)19(21)20(3)5-2/h6-9,11-14H,4-5,10H2,1-3H3. The fraction of sp³-hybridized carbons (Fsp3) is 0.316. The number of amides is 1. The molecule has 0 unspecified atom stereocenters. The van der Waals surface area contributed by atoms with Gasteiger partial charge in [-0.25, -0.2) is 0 Å². The average molecular weight is 281 g/mol. The molecule has 21 heavy (non-hydrogen) atoms. The Kier molecular flexibility index (Phi) is 5.15. The number of carbonyl (C=O) groups excluding carboxylic acids is 1. The number of hydrogen-bond donors (Lipinski definition) is 0. The van der Waals surface area contributed by atoms with Gasteiger partial charge in [0, 0.05) is 19.2 Å². The van der Waals surface area contributed by atoms with Crippen LogP contribution < -0.4 is 0 Å². The van der Waals surface area contributed by atoms with E-state index < -0.39 is 0 Å². The second-order valence-electron chi connectivity index (χ2n) is 5.27. The summed E-state index contributed by atoms with van der Waals surface area (Å²) in [5.74, 6) is 0.0828. The molecule has 0 aliphatic carbocycles. The van der Waals surface area contributed by atoms with Gasteiger partial charge in [0.25, 0.3) is 5.91 Å². The molecular weight excluding hydrogens is 258 g/mol. The SMILES string of the molecule is CCCc1ccccc1-c1ccccc1C(=O)N(C)CC. The maximum Gasteiger partial charge on any atom is 0.254 e. The second kappa shape index (κ2) is 7.07. The minimum Gasteiger partial charge on any atom is -0.342 e. The zero-order valence-corrected chi connectivity index (χ0v) is 13.1. The second-order valence-corrected chi connectivity index (χ2v) is 5.27. The van der Waals surface area contributed by atoms with E-state index in [4.69, 9.17) is 0 Å². The van der Waals surface area contributed by atoms with Gasteiger partial charge < -0.3 is 4.90 Å². The number of hydrogen-bond acceptors (Lipinski definition) is 1. The van der Waals surface area contributed by atoms with Crippen LogP contribution in [0.25, 0.3) is 11.1 Å². The number of benzene rings is 2. The summed E-state index contributed by atoms with van der Waals surface area (Å²) >= 11 is 0. The summed E-state index contributed by atoms with van der Waals surface area (Å²) < 4.78 is 0. The number of rotatable bonds is 5. The summed E-state index contributed by atoms with van der Waals surface area (Å²) in [6.45, 7) is 4.88. The van der Waals surface area contributed by atoms with Crippen LogP contribution in [0.15, 0.2) is 48.5 Å². The number of carbonyl (C=O) groups is 1. The van der Waals surface area contributed by atoms with Gasteiger partial charge in [-0.05, 0) is 36.1 Å². The van der Waals surface area contributed by atoms with Gasteiger partial charge in [0.1, 0.15) is 0 Å². The topological polar surface area (TPSA) is 20.3 Å². The van der Waals surface area contributed by atoms with Gasteiger partial charge in [-0.2, -0.15) is 0 Å². The fourth-order valence-corrected chi connectivity index (χ4v) is 2.52. The quantitative estimate of drug-likeness (QED) is 0.795. The molecule has 0 radical (unpaired) electrons. The molecule has 0 bridgehead atoms. The van der Waals surface area contributed by atoms with Crippen molar-refractivity contribution in [2.75, 3.05) is 13.6 Å². The lowest BCUT2D eigenvalue weighted by Crippen LogP contribution is -2.26. The van der Waals surface area contributed by atoms with Crippen LogP contribution >= 0.6 is 0 Å². The highest BCUT2D eigenvalue weighted by molar-refractivity contribution is 6.01. The Bertz CT molecular complexity index is 618. The molecular formula is C19H23NO. The Hall–Kier alpha value is -2.09. The molecule has 0 atom stereocenters. The van der Waals surface area contributed by atoms with Crippen LogP contribution in [0, 0.1) is 0 Å². The lowest BCUT2D eigenvalue weighted by Gasteiger charge is -2.18. The summed E-state index contributed by atoms with van der Waals surface area (Å²) in [6, 6.07) is 16.3. The highest BCUT2D eigenvalue weighted by Crippen LogP contribution is 2.28. The van der Waals surface area contributed by atoms with Crippen LogP contribution in [0.4, 0.5) is 0 Å². The van der Waals surface area contributed by atoms with Crippen molar-refractivity contribution < 1.29 is 4.79 Å². The van der Waals surface area contributed by atoms with Crippen molar-refractivity contribution >= 4 is 5.91 Å². The normalized spacial score (nSPS) is 10.4. The third-order valence-electron chi connectivity index (χ3n) is 3.81. The molecule has 0 aromatic heterocycles. The summed E-state index contributed by atoms with van der Waals surface area (Å²) in [6.07, 6.45) is 2.13. The molecule has 2 rings (SSSR count). The molecule has 0 saturated heterocycles. The van der Waals surface area contributed by atoms with Gasteiger partial charge in [-0.3, -0.25) is 4.79 Å². The molecule has 110 valence electrons. The van der Waals surface area contributed by atoms with E-state index in [0.29, 0.717) is 6.54 Å². The molecule has 0 N–H and O–H groups in total. The van der Waals surface area contributed by atoms with E-state index in [9.17, 15) is 4.79 Å². The van der Waals surface area contributed by atoms with Gasteiger partial charge in [0.05, 0.1) is 0 Å². The van der Waals surface area contributed by atoms with Crippen molar-refractivity contribution in [3.63, 3.8) is 0 Å². The van der Waals surface area contributed by atoms with Crippen molar-refractivity contribution in [1.82, 2.24) is 4.90 Å². The molecule has 2 aromatic carbocycles. The first kappa shape index (κ1) is 15.3. The molecule has 0 heterocycles. The van der Waals surface area contributed by atoms with Crippen molar-refractivity contribution in [1.29, 1.82) is 0 Å². The molecule has 2 nitrogen and oxygen atoms in total. The zero-order valence-electron chi connectivity index (χ0n) is 13.1. The van der Waals surface area contributed by atoms with Crippen LogP contribution in [0.3, 0.4) is 0 Å². The predicted molar refractivity (Wildman–Crippen MR) is 88.5 cm³/mol. The van der Waals surface area contributed by atoms with Crippen molar-refractivity contribution in [2.45, 2.75) is 26.7 Å². The smallest absolute Gasteiger partial charge is 0.254 e. The fourth-order valence-electron chi connectivity index (χ4n) is 2.52. The van der Waals surface area contributed by atoms with E-state index >= 15 is 0 Å². The monoisotopic (exact) mass is 281 g/mol. The first-order valence-electron chi connectivity index (χ1n) is 7.61. The van der Waals surface area contributed by atoms with Gasteiger partial charge in [0.2, 0.25) is 0 Å². The van der Waals surface area contributed by atoms with Crippen molar-refractivity contribution in [3.8, 4) is 11.1 Å². The highest BCUT2D eigenvalue weighted by atomic mass is 16.2. The average Bonchev–Trinajstić information content (AvgIpc) is 2.54. The summed E-state index contributed by atoms with van der Waals surface area (Å²) in [7, 11) is 1.84. The lowest BCUT2D eigenvalue weighted by atomic mass is 9.93.